The molecule has 1 saturated heterocycles. The lowest BCUT2D eigenvalue weighted by Gasteiger charge is -2.47. The highest BCUT2D eigenvalue weighted by molar-refractivity contribution is 5.93. The van der Waals surface area contributed by atoms with Gasteiger partial charge in [0.15, 0.2) is 0 Å². The fourth-order valence-corrected chi connectivity index (χ4v) is 2.08. The van der Waals surface area contributed by atoms with Crippen molar-refractivity contribution in [1.82, 2.24) is 9.80 Å². The first-order chi connectivity index (χ1) is 8.32. The van der Waals surface area contributed by atoms with Crippen molar-refractivity contribution < 1.29 is 24.2 Å². The summed E-state index contributed by atoms with van der Waals surface area (Å²) in [5, 5.41) is 11.1. The molecule has 1 rings (SSSR count). The van der Waals surface area contributed by atoms with Gasteiger partial charge in [-0.15, -0.1) is 0 Å². The van der Waals surface area contributed by atoms with E-state index in [4.69, 9.17) is 4.74 Å². The van der Waals surface area contributed by atoms with E-state index in [0.29, 0.717) is 0 Å². The van der Waals surface area contributed by atoms with Gasteiger partial charge >= 0.3 is 5.97 Å². The van der Waals surface area contributed by atoms with Crippen LogP contribution < -0.4 is 5.11 Å². The Balaban J connectivity index is 2.97. The molecule has 0 aromatic rings. The van der Waals surface area contributed by atoms with E-state index < -0.39 is 23.5 Å². The van der Waals surface area contributed by atoms with Crippen molar-refractivity contribution in [2.45, 2.75) is 25.8 Å². The average molecular weight is 257 g/mol. The highest BCUT2D eigenvalue weighted by Crippen LogP contribution is 2.26. The van der Waals surface area contributed by atoms with Crippen LogP contribution in [-0.2, 0) is 14.3 Å². The van der Waals surface area contributed by atoms with Gasteiger partial charge in [-0.25, -0.2) is 0 Å². The number of carbonyl (C=O) groups is 3. The normalized spacial score (nSPS) is 24.1. The number of hydrogen-bond acceptors (Lipinski definition) is 5. The molecule has 0 aliphatic carbocycles. The first kappa shape index (κ1) is 14.3. The van der Waals surface area contributed by atoms with E-state index >= 15 is 0 Å². The molecule has 7 heteroatoms. The van der Waals surface area contributed by atoms with Crippen molar-refractivity contribution in [3.8, 4) is 0 Å². The Kier molecular flexibility index (Phi) is 4.15. The first-order valence-electron chi connectivity index (χ1n) is 5.72. The minimum Gasteiger partial charge on any atom is -0.530 e. The van der Waals surface area contributed by atoms with Crippen LogP contribution in [0.3, 0.4) is 0 Å². The summed E-state index contributed by atoms with van der Waals surface area (Å²) < 4.78 is 4.77. The molecule has 2 amide bonds. The topological polar surface area (TPSA) is 90.0 Å². The Bertz CT molecular complexity index is 370. The number of amides is 2. The molecule has 0 saturated carbocycles. The summed E-state index contributed by atoms with van der Waals surface area (Å²) in [5.41, 5.74) is -1.45. The lowest BCUT2D eigenvalue weighted by Crippen LogP contribution is -2.67. The van der Waals surface area contributed by atoms with Crippen molar-refractivity contribution in [2.75, 3.05) is 26.7 Å². The summed E-state index contributed by atoms with van der Waals surface area (Å²) in [4.78, 5) is 36.9. The van der Waals surface area contributed by atoms with Crippen molar-refractivity contribution in [1.29, 1.82) is 0 Å². The van der Waals surface area contributed by atoms with E-state index in [2.05, 4.69) is 0 Å². The minimum absolute atomic E-state index is 0.125. The van der Waals surface area contributed by atoms with Gasteiger partial charge in [0, 0.05) is 20.1 Å². The van der Waals surface area contributed by atoms with Crippen molar-refractivity contribution in [2.24, 2.45) is 0 Å². The van der Waals surface area contributed by atoms with Crippen molar-refractivity contribution in [3.63, 3.8) is 0 Å². The third-order valence-corrected chi connectivity index (χ3v) is 3.08. The van der Waals surface area contributed by atoms with Crippen LogP contribution in [0.1, 0.15) is 20.3 Å². The smallest absolute Gasteiger partial charge is 0.308 e. The molecular weight excluding hydrogens is 240 g/mol. The largest absolute Gasteiger partial charge is 0.530 e. The molecule has 1 fully saturated rings. The second-order valence-corrected chi connectivity index (χ2v) is 4.40. The maximum absolute atomic E-state index is 12.1. The molecule has 0 N–H and O–H groups in total. The van der Waals surface area contributed by atoms with Crippen LogP contribution in [0.2, 0.25) is 0 Å². The van der Waals surface area contributed by atoms with Crippen LogP contribution in [0, 0.1) is 0 Å². The number of hydrogen-bond donors (Lipinski definition) is 0. The fraction of sp³-hybridized carbons (Fsp3) is 0.727. The zero-order valence-electron chi connectivity index (χ0n) is 10.8. The number of rotatable bonds is 3. The Labute approximate surface area is 105 Å². The summed E-state index contributed by atoms with van der Waals surface area (Å²) in [6.07, 6.45) is -1.76. The van der Waals surface area contributed by atoms with Crippen LogP contribution in [-0.4, -0.2) is 60.1 Å². The summed E-state index contributed by atoms with van der Waals surface area (Å²) >= 11 is 0. The Hall–Kier alpha value is -1.79. The van der Waals surface area contributed by atoms with E-state index in [9.17, 15) is 19.5 Å². The molecule has 1 aliphatic heterocycles. The SMILES string of the molecule is CCOC(=O)CC1(C)C(=O)N(C)CCN1C(=O)[O-]. The van der Waals surface area contributed by atoms with E-state index in [1.54, 1.807) is 14.0 Å². The molecule has 0 spiro atoms. The number of piperazine rings is 1. The lowest BCUT2D eigenvalue weighted by atomic mass is 9.91. The molecule has 18 heavy (non-hydrogen) atoms. The Morgan fingerprint density at radius 2 is 2.06 bits per heavy atom. The second-order valence-electron chi connectivity index (χ2n) is 4.40. The summed E-state index contributed by atoms with van der Waals surface area (Å²) in [6.45, 7) is 3.65. The number of likely N-dealkylation sites (N-methyl/N-ethyl adjacent to an activating group) is 1. The van der Waals surface area contributed by atoms with Gasteiger partial charge in [-0.1, -0.05) is 0 Å². The quantitative estimate of drug-likeness (QED) is 0.593. The fourth-order valence-electron chi connectivity index (χ4n) is 2.08. The van der Waals surface area contributed by atoms with Gasteiger partial charge in [-0.3, -0.25) is 9.59 Å². The van der Waals surface area contributed by atoms with Crippen LogP contribution >= 0.6 is 0 Å². The zero-order chi connectivity index (χ0) is 13.9. The molecule has 1 heterocycles. The number of nitrogens with zero attached hydrogens (tertiary/aromatic N) is 2. The zero-order valence-corrected chi connectivity index (χ0v) is 10.8. The molecular formula is C11H17N2O5-. The van der Waals surface area contributed by atoms with Crippen molar-refractivity contribution >= 4 is 18.0 Å². The van der Waals surface area contributed by atoms with Gasteiger partial charge in [-0.05, 0) is 13.8 Å². The van der Waals surface area contributed by atoms with Crippen molar-refractivity contribution in [3.05, 3.63) is 0 Å². The standard InChI is InChI=1S/C11H18N2O5/c1-4-18-8(14)7-11(2)9(15)12(3)5-6-13(11)10(16)17/h4-7H2,1-3H3,(H,16,17)/p-1. The van der Waals surface area contributed by atoms with Crippen LogP contribution in [0.25, 0.3) is 0 Å². The summed E-state index contributed by atoms with van der Waals surface area (Å²) in [5.74, 6) is -1.03. The molecule has 7 nitrogen and oxygen atoms in total. The third-order valence-electron chi connectivity index (χ3n) is 3.08. The number of carboxylic acid groups (broad SMARTS) is 1. The van der Waals surface area contributed by atoms with Gasteiger partial charge in [-0.2, -0.15) is 0 Å². The first-order valence-corrected chi connectivity index (χ1v) is 5.72. The number of carbonyl (C=O) groups excluding carboxylic acids is 3. The lowest BCUT2D eigenvalue weighted by molar-refractivity contribution is -0.273. The van der Waals surface area contributed by atoms with Gasteiger partial charge < -0.3 is 24.4 Å². The van der Waals surface area contributed by atoms with Crippen LogP contribution in [0.4, 0.5) is 4.79 Å². The molecule has 1 unspecified atom stereocenters. The minimum atomic E-state index is -1.46. The van der Waals surface area contributed by atoms with Gasteiger partial charge in [0.1, 0.15) is 11.6 Å². The monoisotopic (exact) mass is 257 g/mol. The number of esters is 1. The summed E-state index contributed by atoms with van der Waals surface area (Å²) in [6, 6.07) is 0. The summed E-state index contributed by atoms with van der Waals surface area (Å²) in [7, 11) is 1.57. The maximum Gasteiger partial charge on any atom is 0.308 e. The maximum atomic E-state index is 12.1. The molecule has 102 valence electrons. The Morgan fingerprint density at radius 3 is 2.56 bits per heavy atom. The highest BCUT2D eigenvalue weighted by atomic mass is 16.5. The predicted molar refractivity (Wildman–Crippen MR) is 59.4 cm³/mol. The van der Waals surface area contributed by atoms with Gasteiger partial charge in [0.25, 0.3) is 0 Å². The molecule has 0 bridgehead atoms. The molecule has 1 atom stereocenters. The van der Waals surface area contributed by atoms with E-state index in [1.807, 2.05) is 0 Å². The van der Waals surface area contributed by atoms with Gasteiger partial charge in [0.05, 0.1) is 13.0 Å². The van der Waals surface area contributed by atoms with Gasteiger partial charge in [0.2, 0.25) is 5.91 Å². The molecule has 0 aromatic carbocycles. The molecule has 0 radical (unpaired) electrons. The Morgan fingerprint density at radius 1 is 1.44 bits per heavy atom. The van der Waals surface area contributed by atoms with E-state index in [1.165, 1.54) is 11.8 Å². The predicted octanol–water partition coefficient (Wildman–Crippen LogP) is -1.18. The second kappa shape index (κ2) is 5.24. The van der Waals surface area contributed by atoms with Crippen LogP contribution in [0.15, 0.2) is 0 Å². The highest BCUT2D eigenvalue weighted by Gasteiger charge is 2.46. The van der Waals surface area contributed by atoms with Crippen LogP contribution in [0.5, 0.6) is 0 Å². The average Bonchev–Trinajstić information content (AvgIpc) is 2.25. The number of ether oxygens (including phenoxy) is 1. The van der Waals surface area contributed by atoms with E-state index in [0.717, 1.165) is 4.90 Å². The van der Waals surface area contributed by atoms with E-state index in [-0.39, 0.29) is 26.1 Å². The third kappa shape index (κ3) is 2.55. The molecule has 1 aliphatic rings. The molecule has 0 aromatic heterocycles.